The summed E-state index contributed by atoms with van der Waals surface area (Å²) in [7, 11) is 1.34. The third-order valence-corrected chi connectivity index (χ3v) is 2.24. The maximum absolute atomic E-state index is 11.3. The molecule has 1 aliphatic rings. The SMILES string of the molecule is COC(=O)C1CN(C(=O)CC(C)O)C1. The summed E-state index contributed by atoms with van der Waals surface area (Å²) >= 11 is 0. The Kier molecular flexibility index (Phi) is 3.46. The Balaban J connectivity index is 2.27. The fourth-order valence-electron chi connectivity index (χ4n) is 1.38. The number of rotatable bonds is 3. The van der Waals surface area contributed by atoms with Gasteiger partial charge in [-0.05, 0) is 6.92 Å². The smallest absolute Gasteiger partial charge is 0.312 e. The first-order chi connectivity index (χ1) is 6.54. The number of hydrogen-bond donors (Lipinski definition) is 1. The summed E-state index contributed by atoms with van der Waals surface area (Å²) in [5.41, 5.74) is 0. The van der Waals surface area contributed by atoms with Crippen molar-refractivity contribution >= 4 is 11.9 Å². The molecule has 0 saturated carbocycles. The van der Waals surface area contributed by atoms with Gasteiger partial charge in [-0.3, -0.25) is 9.59 Å². The number of aliphatic hydroxyl groups excluding tert-OH is 1. The van der Waals surface area contributed by atoms with E-state index in [-0.39, 0.29) is 24.2 Å². The van der Waals surface area contributed by atoms with Crippen molar-refractivity contribution in [2.45, 2.75) is 19.4 Å². The second-order valence-electron chi connectivity index (χ2n) is 3.57. The van der Waals surface area contributed by atoms with E-state index in [4.69, 9.17) is 5.11 Å². The third kappa shape index (κ3) is 2.45. The van der Waals surface area contributed by atoms with E-state index in [0.717, 1.165) is 0 Å². The number of aliphatic hydroxyl groups is 1. The minimum atomic E-state index is -0.625. The standard InChI is InChI=1S/C9H15NO4/c1-6(11)3-8(12)10-4-7(5-10)9(13)14-2/h6-7,11H,3-5H2,1-2H3. The molecule has 1 aliphatic heterocycles. The lowest BCUT2D eigenvalue weighted by Gasteiger charge is -2.37. The van der Waals surface area contributed by atoms with Crippen LogP contribution in [0.2, 0.25) is 0 Å². The van der Waals surface area contributed by atoms with Crippen LogP contribution < -0.4 is 0 Å². The van der Waals surface area contributed by atoms with E-state index in [2.05, 4.69) is 4.74 Å². The van der Waals surface area contributed by atoms with Crippen molar-refractivity contribution in [1.82, 2.24) is 4.90 Å². The minimum absolute atomic E-state index is 0.111. The van der Waals surface area contributed by atoms with Gasteiger partial charge < -0.3 is 14.7 Å². The molecule has 0 aromatic heterocycles. The van der Waals surface area contributed by atoms with Gasteiger partial charge in [0.1, 0.15) is 0 Å². The van der Waals surface area contributed by atoms with E-state index in [1.165, 1.54) is 7.11 Å². The molecule has 0 aliphatic carbocycles. The molecule has 1 amide bonds. The molecule has 14 heavy (non-hydrogen) atoms. The number of nitrogens with zero attached hydrogens (tertiary/aromatic N) is 1. The van der Waals surface area contributed by atoms with Crippen LogP contribution in [-0.2, 0) is 14.3 Å². The summed E-state index contributed by atoms with van der Waals surface area (Å²) < 4.78 is 4.54. The van der Waals surface area contributed by atoms with Crippen LogP contribution in [0.3, 0.4) is 0 Å². The number of methoxy groups -OCH3 is 1. The lowest BCUT2D eigenvalue weighted by molar-refractivity contribution is -0.156. The molecule has 0 aromatic rings. The minimum Gasteiger partial charge on any atom is -0.469 e. The number of carbonyl (C=O) groups excluding carboxylic acids is 2. The zero-order chi connectivity index (χ0) is 10.7. The number of esters is 1. The number of ether oxygens (including phenoxy) is 1. The van der Waals surface area contributed by atoms with E-state index in [0.29, 0.717) is 13.1 Å². The van der Waals surface area contributed by atoms with E-state index < -0.39 is 6.10 Å². The van der Waals surface area contributed by atoms with Crippen LogP contribution in [0.25, 0.3) is 0 Å². The van der Waals surface area contributed by atoms with Gasteiger partial charge in [0.05, 0.1) is 25.6 Å². The molecule has 0 spiro atoms. The van der Waals surface area contributed by atoms with Crippen LogP contribution in [0.15, 0.2) is 0 Å². The van der Waals surface area contributed by atoms with Crippen LogP contribution in [0.1, 0.15) is 13.3 Å². The fourth-order valence-corrected chi connectivity index (χ4v) is 1.38. The van der Waals surface area contributed by atoms with E-state index in [1.54, 1.807) is 11.8 Å². The Bertz CT molecular complexity index is 233. The molecule has 80 valence electrons. The summed E-state index contributed by atoms with van der Waals surface area (Å²) in [5.74, 6) is -0.566. The van der Waals surface area contributed by atoms with E-state index in [1.807, 2.05) is 0 Å². The summed E-state index contributed by atoms with van der Waals surface area (Å²) in [6.07, 6.45) is -0.506. The van der Waals surface area contributed by atoms with Crippen LogP contribution in [-0.4, -0.2) is 48.2 Å². The number of amides is 1. The summed E-state index contributed by atoms with van der Waals surface area (Å²) in [4.78, 5) is 23.8. The molecule has 1 heterocycles. The zero-order valence-electron chi connectivity index (χ0n) is 8.40. The molecule has 1 atom stereocenters. The fraction of sp³-hybridized carbons (Fsp3) is 0.778. The Labute approximate surface area is 82.6 Å². The first kappa shape index (κ1) is 11.0. The monoisotopic (exact) mass is 201 g/mol. The van der Waals surface area contributed by atoms with Gasteiger partial charge in [-0.15, -0.1) is 0 Å². The van der Waals surface area contributed by atoms with Gasteiger partial charge in [0.2, 0.25) is 5.91 Å². The molecular weight excluding hydrogens is 186 g/mol. The Morgan fingerprint density at radius 3 is 2.57 bits per heavy atom. The molecule has 0 aromatic carbocycles. The van der Waals surface area contributed by atoms with Crippen molar-refractivity contribution in [3.8, 4) is 0 Å². The Morgan fingerprint density at radius 2 is 2.14 bits per heavy atom. The van der Waals surface area contributed by atoms with Gasteiger partial charge in [-0.25, -0.2) is 0 Å². The van der Waals surface area contributed by atoms with Crippen LogP contribution in [0, 0.1) is 5.92 Å². The molecule has 0 bridgehead atoms. The highest BCUT2D eigenvalue weighted by Gasteiger charge is 2.36. The van der Waals surface area contributed by atoms with Crippen LogP contribution >= 0.6 is 0 Å². The van der Waals surface area contributed by atoms with Crippen LogP contribution in [0.5, 0.6) is 0 Å². The second kappa shape index (κ2) is 4.41. The largest absolute Gasteiger partial charge is 0.469 e. The topological polar surface area (TPSA) is 66.8 Å². The summed E-state index contributed by atoms with van der Waals surface area (Å²) in [6.45, 7) is 2.39. The molecule has 5 nitrogen and oxygen atoms in total. The second-order valence-corrected chi connectivity index (χ2v) is 3.57. The molecule has 1 saturated heterocycles. The highest BCUT2D eigenvalue weighted by atomic mass is 16.5. The molecule has 1 unspecified atom stereocenters. The van der Waals surface area contributed by atoms with Gasteiger partial charge in [0, 0.05) is 13.1 Å². The first-order valence-electron chi connectivity index (χ1n) is 4.58. The normalized spacial score (nSPS) is 18.6. The molecule has 5 heteroatoms. The Hall–Kier alpha value is -1.10. The van der Waals surface area contributed by atoms with Crippen molar-refractivity contribution in [3.05, 3.63) is 0 Å². The highest BCUT2D eigenvalue weighted by molar-refractivity contribution is 5.81. The van der Waals surface area contributed by atoms with Crippen molar-refractivity contribution in [1.29, 1.82) is 0 Å². The Morgan fingerprint density at radius 1 is 1.57 bits per heavy atom. The third-order valence-electron chi connectivity index (χ3n) is 2.24. The van der Waals surface area contributed by atoms with Gasteiger partial charge in [-0.2, -0.15) is 0 Å². The average Bonchev–Trinajstić information content (AvgIpc) is 1.99. The molecule has 1 rings (SSSR count). The quantitative estimate of drug-likeness (QED) is 0.618. The maximum atomic E-state index is 11.3. The van der Waals surface area contributed by atoms with Crippen molar-refractivity contribution < 1.29 is 19.4 Å². The van der Waals surface area contributed by atoms with Gasteiger partial charge >= 0.3 is 5.97 Å². The predicted molar refractivity (Wildman–Crippen MR) is 48.4 cm³/mol. The predicted octanol–water partition coefficient (Wildman–Crippen LogP) is -0.611. The van der Waals surface area contributed by atoms with E-state index >= 15 is 0 Å². The zero-order valence-corrected chi connectivity index (χ0v) is 8.40. The lowest BCUT2D eigenvalue weighted by atomic mass is 9.99. The first-order valence-corrected chi connectivity index (χ1v) is 4.58. The van der Waals surface area contributed by atoms with Crippen molar-refractivity contribution in [3.63, 3.8) is 0 Å². The molecule has 1 fully saturated rings. The van der Waals surface area contributed by atoms with Crippen molar-refractivity contribution in [2.75, 3.05) is 20.2 Å². The highest BCUT2D eigenvalue weighted by Crippen LogP contribution is 2.18. The lowest BCUT2D eigenvalue weighted by Crippen LogP contribution is -2.53. The van der Waals surface area contributed by atoms with Gasteiger partial charge in [0.25, 0.3) is 0 Å². The van der Waals surface area contributed by atoms with Gasteiger partial charge in [-0.1, -0.05) is 0 Å². The number of likely N-dealkylation sites (tertiary alicyclic amines) is 1. The molecule has 0 radical (unpaired) electrons. The maximum Gasteiger partial charge on any atom is 0.312 e. The molecular formula is C9H15NO4. The molecule has 1 N–H and O–H groups in total. The van der Waals surface area contributed by atoms with Gasteiger partial charge in [0.15, 0.2) is 0 Å². The number of carbonyl (C=O) groups is 2. The summed E-state index contributed by atoms with van der Waals surface area (Å²) in [5, 5.41) is 8.97. The van der Waals surface area contributed by atoms with E-state index in [9.17, 15) is 9.59 Å². The number of hydrogen-bond acceptors (Lipinski definition) is 4. The summed E-state index contributed by atoms with van der Waals surface area (Å²) in [6, 6.07) is 0. The average molecular weight is 201 g/mol. The van der Waals surface area contributed by atoms with Crippen molar-refractivity contribution in [2.24, 2.45) is 5.92 Å². The van der Waals surface area contributed by atoms with Crippen LogP contribution in [0.4, 0.5) is 0 Å².